The van der Waals surface area contributed by atoms with E-state index in [2.05, 4.69) is 12.2 Å². The number of hydrogen-bond acceptors (Lipinski definition) is 3. The first-order chi connectivity index (χ1) is 9.97. The second-order valence-corrected chi connectivity index (χ2v) is 5.17. The molecule has 1 aromatic carbocycles. The summed E-state index contributed by atoms with van der Waals surface area (Å²) in [6.45, 7) is 3.97. The van der Waals surface area contributed by atoms with Gasteiger partial charge in [-0.25, -0.2) is 0 Å². The van der Waals surface area contributed by atoms with Gasteiger partial charge in [-0.3, -0.25) is 14.5 Å². The van der Waals surface area contributed by atoms with Gasteiger partial charge in [0.2, 0.25) is 5.91 Å². The molecule has 5 nitrogen and oxygen atoms in total. The van der Waals surface area contributed by atoms with Crippen LogP contribution in [0.4, 0.5) is 5.69 Å². The van der Waals surface area contributed by atoms with Crippen LogP contribution >= 0.6 is 0 Å². The molecule has 2 N–H and O–H groups in total. The smallest absolute Gasteiger partial charge is 0.320 e. The van der Waals surface area contributed by atoms with E-state index >= 15 is 0 Å². The van der Waals surface area contributed by atoms with E-state index < -0.39 is 12.0 Å². The Morgan fingerprint density at radius 1 is 1.24 bits per heavy atom. The number of amides is 1. The summed E-state index contributed by atoms with van der Waals surface area (Å²) in [7, 11) is 1.65. The summed E-state index contributed by atoms with van der Waals surface area (Å²) in [5.41, 5.74) is 1.97. The number of likely N-dealkylation sites (N-methyl/N-ethyl adjacent to an activating group) is 1. The van der Waals surface area contributed by atoms with Crippen molar-refractivity contribution in [1.82, 2.24) is 4.90 Å². The standard InChI is InChI=1S/C16H24N2O3/c1-4-6-12-7-9-13(10-8-12)17-15(19)11-18(3)14(5-2)16(20)21/h7-10,14H,4-6,11H2,1-3H3,(H,17,19)(H,20,21). The Bertz CT molecular complexity index is 471. The zero-order valence-electron chi connectivity index (χ0n) is 12.9. The van der Waals surface area contributed by atoms with Crippen molar-refractivity contribution < 1.29 is 14.7 Å². The van der Waals surface area contributed by atoms with Crippen LogP contribution in [0.25, 0.3) is 0 Å². The van der Waals surface area contributed by atoms with Crippen molar-refractivity contribution in [2.45, 2.75) is 39.2 Å². The highest BCUT2D eigenvalue weighted by atomic mass is 16.4. The van der Waals surface area contributed by atoms with Crippen molar-refractivity contribution in [3.8, 4) is 0 Å². The van der Waals surface area contributed by atoms with Crippen LogP contribution in [-0.2, 0) is 16.0 Å². The molecule has 0 aliphatic carbocycles. The van der Waals surface area contributed by atoms with E-state index in [0.29, 0.717) is 6.42 Å². The summed E-state index contributed by atoms with van der Waals surface area (Å²) in [5.74, 6) is -1.11. The zero-order chi connectivity index (χ0) is 15.8. The average molecular weight is 292 g/mol. The number of benzene rings is 1. The van der Waals surface area contributed by atoms with E-state index in [0.717, 1.165) is 18.5 Å². The molecule has 0 aromatic heterocycles. The molecule has 1 amide bonds. The summed E-state index contributed by atoms with van der Waals surface area (Å²) < 4.78 is 0. The number of aryl methyl sites for hydroxylation is 1. The fraction of sp³-hybridized carbons (Fsp3) is 0.500. The van der Waals surface area contributed by atoms with Gasteiger partial charge in [0.25, 0.3) is 0 Å². The molecule has 0 saturated carbocycles. The molecule has 21 heavy (non-hydrogen) atoms. The SMILES string of the molecule is CCCc1ccc(NC(=O)CN(C)C(CC)C(=O)O)cc1. The Morgan fingerprint density at radius 2 is 1.86 bits per heavy atom. The van der Waals surface area contributed by atoms with Gasteiger partial charge < -0.3 is 10.4 Å². The number of carboxylic acid groups (broad SMARTS) is 1. The topological polar surface area (TPSA) is 69.6 Å². The summed E-state index contributed by atoms with van der Waals surface area (Å²) in [4.78, 5) is 24.5. The van der Waals surface area contributed by atoms with Gasteiger partial charge in [0.15, 0.2) is 0 Å². The minimum atomic E-state index is -0.906. The molecule has 1 unspecified atom stereocenters. The molecule has 0 fully saturated rings. The highest BCUT2D eigenvalue weighted by Gasteiger charge is 2.22. The van der Waals surface area contributed by atoms with E-state index in [1.165, 1.54) is 5.56 Å². The van der Waals surface area contributed by atoms with Crippen molar-refractivity contribution in [3.63, 3.8) is 0 Å². The highest BCUT2D eigenvalue weighted by molar-refractivity contribution is 5.92. The third-order valence-corrected chi connectivity index (χ3v) is 3.37. The normalized spacial score (nSPS) is 12.2. The first-order valence-corrected chi connectivity index (χ1v) is 7.29. The number of aliphatic carboxylic acids is 1. The number of carbonyl (C=O) groups is 2. The molecule has 0 aliphatic heterocycles. The van der Waals surface area contributed by atoms with Gasteiger partial charge in [-0.05, 0) is 37.6 Å². The predicted octanol–water partition coefficient (Wildman–Crippen LogP) is 2.37. The fourth-order valence-corrected chi connectivity index (χ4v) is 2.26. The van der Waals surface area contributed by atoms with Crippen LogP contribution in [0.3, 0.4) is 0 Å². The number of carbonyl (C=O) groups excluding carboxylic acids is 1. The number of carboxylic acids is 1. The van der Waals surface area contributed by atoms with E-state index in [9.17, 15) is 9.59 Å². The molecule has 116 valence electrons. The summed E-state index contributed by atoms with van der Waals surface area (Å²) >= 11 is 0. The molecule has 0 heterocycles. The summed E-state index contributed by atoms with van der Waals surface area (Å²) in [6.07, 6.45) is 2.57. The molecule has 1 rings (SSSR count). The number of nitrogens with one attached hydrogen (secondary N) is 1. The maximum atomic E-state index is 11.9. The van der Waals surface area contributed by atoms with Gasteiger partial charge in [-0.1, -0.05) is 32.4 Å². The molecule has 0 bridgehead atoms. The average Bonchev–Trinajstić information content (AvgIpc) is 2.41. The lowest BCUT2D eigenvalue weighted by molar-refractivity contribution is -0.143. The maximum absolute atomic E-state index is 11.9. The van der Waals surface area contributed by atoms with Crippen molar-refractivity contribution in [2.75, 3.05) is 18.9 Å². The largest absolute Gasteiger partial charge is 0.480 e. The van der Waals surface area contributed by atoms with Crippen molar-refractivity contribution in [1.29, 1.82) is 0 Å². The van der Waals surface area contributed by atoms with E-state index in [-0.39, 0.29) is 12.5 Å². The Kier molecular flexibility index (Phi) is 6.88. The van der Waals surface area contributed by atoms with Crippen LogP contribution in [0.2, 0.25) is 0 Å². The lowest BCUT2D eigenvalue weighted by atomic mass is 10.1. The lowest BCUT2D eigenvalue weighted by Crippen LogP contribution is -2.42. The van der Waals surface area contributed by atoms with Gasteiger partial charge in [0, 0.05) is 5.69 Å². The molecular formula is C16H24N2O3. The van der Waals surface area contributed by atoms with Crippen LogP contribution in [-0.4, -0.2) is 41.5 Å². The second kappa shape index (κ2) is 8.42. The predicted molar refractivity (Wildman–Crippen MR) is 83.4 cm³/mol. The van der Waals surface area contributed by atoms with E-state index in [1.54, 1.807) is 18.9 Å². The van der Waals surface area contributed by atoms with Gasteiger partial charge >= 0.3 is 5.97 Å². The van der Waals surface area contributed by atoms with Crippen LogP contribution in [0.15, 0.2) is 24.3 Å². The fourth-order valence-electron chi connectivity index (χ4n) is 2.26. The molecule has 0 radical (unpaired) electrons. The molecule has 0 saturated heterocycles. The molecule has 0 aliphatic rings. The van der Waals surface area contributed by atoms with Gasteiger partial charge in [-0.15, -0.1) is 0 Å². The van der Waals surface area contributed by atoms with Gasteiger partial charge in [0.05, 0.1) is 6.54 Å². The number of rotatable bonds is 8. The molecular weight excluding hydrogens is 268 g/mol. The third kappa shape index (κ3) is 5.55. The monoisotopic (exact) mass is 292 g/mol. The lowest BCUT2D eigenvalue weighted by Gasteiger charge is -2.22. The van der Waals surface area contributed by atoms with Crippen molar-refractivity contribution >= 4 is 17.6 Å². The molecule has 5 heteroatoms. The second-order valence-electron chi connectivity index (χ2n) is 5.17. The number of anilines is 1. The highest BCUT2D eigenvalue weighted by Crippen LogP contribution is 2.11. The van der Waals surface area contributed by atoms with Crippen molar-refractivity contribution in [2.24, 2.45) is 0 Å². The van der Waals surface area contributed by atoms with Crippen molar-refractivity contribution in [3.05, 3.63) is 29.8 Å². The van der Waals surface area contributed by atoms with Gasteiger partial charge in [0.1, 0.15) is 6.04 Å². The Morgan fingerprint density at radius 3 is 2.33 bits per heavy atom. The first kappa shape index (κ1) is 17.2. The Labute approximate surface area is 126 Å². The number of nitrogens with zero attached hydrogens (tertiary/aromatic N) is 1. The van der Waals surface area contributed by atoms with Crippen LogP contribution in [0, 0.1) is 0 Å². The first-order valence-electron chi connectivity index (χ1n) is 7.29. The zero-order valence-corrected chi connectivity index (χ0v) is 12.9. The minimum absolute atomic E-state index is 0.0571. The van der Waals surface area contributed by atoms with Crippen LogP contribution in [0.5, 0.6) is 0 Å². The molecule has 1 atom stereocenters. The minimum Gasteiger partial charge on any atom is -0.480 e. The van der Waals surface area contributed by atoms with Gasteiger partial charge in [-0.2, -0.15) is 0 Å². The Balaban J connectivity index is 2.54. The van der Waals surface area contributed by atoms with Crippen LogP contribution in [0.1, 0.15) is 32.3 Å². The molecule has 1 aromatic rings. The quantitative estimate of drug-likeness (QED) is 0.772. The third-order valence-electron chi connectivity index (χ3n) is 3.37. The number of hydrogen-bond donors (Lipinski definition) is 2. The molecule has 0 spiro atoms. The van der Waals surface area contributed by atoms with E-state index in [1.807, 2.05) is 24.3 Å². The Hall–Kier alpha value is -1.88. The summed E-state index contributed by atoms with van der Waals surface area (Å²) in [5, 5.41) is 11.8. The van der Waals surface area contributed by atoms with Crippen LogP contribution < -0.4 is 5.32 Å². The summed E-state index contributed by atoms with van der Waals surface area (Å²) in [6, 6.07) is 7.10. The van der Waals surface area contributed by atoms with E-state index in [4.69, 9.17) is 5.11 Å². The maximum Gasteiger partial charge on any atom is 0.320 e.